The minimum atomic E-state index is -0.963. The molecule has 0 aliphatic carbocycles. The second-order valence-electron chi connectivity index (χ2n) is 3.43. The number of morpholine rings is 1. The molecule has 1 rings (SSSR count). The van der Waals surface area contributed by atoms with Crippen molar-refractivity contribution in [3.63, 3.8) is 0 Å². The minimum Gasteiger partial charge on any atom is -0.379 e. The van der Waals surface area contributed by atoms with Gasteiger partial charge in [-0.3, -0.25) is 15.1 Å². The van der Waals surface area contributed by atoms with Crippen molar-refractivity contribution in [3.05, 3.63) is 6.92 Å². The van der Waals surface area contributed by atoms with E-state index in [2.05, 4.69) is 12.2 Å². The second-order valence-corrected chi connectivity index (χ2v) is 3.43. The van der Waals surface area contributed by atoms with Crippen molar-refractivity contribution in [1.29, 1.82) is 5.41 Å². The van der Waals surface area contributed by atoms with Gasteiger partial charge in [-0.25, -0.2) is 0 Å². The Hall–Kier alpha value is -1.14. The van der Waals surface area contributed by atoms with Crippen molar-refractivity contribution in [2.45, 2.75) is 12.1 Å². The maximum atomic E-state index is 11.2. The fraction of sp³-hybridized carbons (Fsp3) is 0.667. The quantitative estimate of drug-likeness (QED) is 0.314. The van der Waals surface area contributed by atoms with Crippen molar-refractivity contribution in [2.24, 2.45) is 5.73 Å². The Labute approximate surface area is 89.3 Å². The molecule has 1 aliphatic rings. The molecule has 1 radical (unpaired) electrons. The maximum Gasteiger partial charge on any atom is 0.187 e. The van der Waals surface area contributed by atoms with Gasteiger partial charge < -0.3 is 15.8 Å². The zero-order valence-corrected chi connectivity index (χ0v) is 8.66. The molecule has 85 valence electrons. The van der Waals surface area contributed by atoms with Crippen molar-refractivity contribution in [1.82, 2.24) is 10.2 Å². The van der Waals surface area contributed by atoms with E-state index >= 15 is 0 Å². The molecule has 0 amide bonds. The predicted octanol–water partition coefficient (Wildman–Crippen LogP) is -1.08. The number of hydrogen-bond acceptors (Lipinski definition) is 4. The van der Waals surface area contributed by atoms with E-state index < -0.39 is 5.66 Å². The summed E-state index contributed by atoms with van der Waals surface area (Å²) >= 11 is 0. The van der Waals surface area contributed by atoms with Crippen LogP contribution in [-0.2, 0) is 9.53 Å². The summed E-state index contributed by atoms with van der Waals surface area (Å²) in [6, 6.07) is 0. The fourth-order valence-electron chi connectivity index (χ4n) is 1.66. The number of aldehydes is 1. The molecule has 1 aliphatic heterocycles. The number of nitrogens with zero attached hydrogens (tertiary/aromatic N) is 1. The van der Waals surface area contributed by atoms with Gasteiger partial charge >= 0.3 is 0 Å². The highest BCUT2D eigenvalue weighted by atomic mass is 16.5. The topological polar surface area (TPSA) is 91.4 Å². The number of ether oxygens (including phenoxy) is 1. The smallest absolute Gasteiger partial charge is 0.187 e. The number of nitrogens with one attached hydrogen (secondary N) is 2. The highest BCUT2D eigenvalue weighted by Crippen LogP contribution is 2.15. The summed E-state index contributed by atoms with van der Waals surface area (Å²) in [5.41, 5.74) is 4.30. The SMILES string of the molecule is [CH2]CC(C=O)(NC(=N)N)N1CCOCC1. The number of carbonyl (C=O) groups excluding carboxylic acids is 1. The first kappa shape index (κ1) is 11.9. The fourth-order valence-corrected chi connectivity index (χ4v) is 1.66. The Kier molecular flexibility index (Phi) is 4.05. The molecule has 0 spiro atoms. The van der Waals surface area contributed by atoms with Crippen LogP contribution in [0.4, 0.5) is 0 Å². The molecule has 4 N–H and O–H groups in total. The lowest BCUT2D eigenvalue weighted by Crippen LogP contribution is -2.65. The summed E-state index contributed by atoms with van der Waals surface area (Å²) in [4.78, 5) is 13.1. The summed E-state index contributed by atoms with van der Waals surface area (Å²) in [6.07, 6.45) is 1.07. The summed E-state index contributed by atoms with van der Waals surface area (Å²) in [7, 11) is 0. The molecular formula is C9H17N4O2. The van der Waals surface area contributed by atoms with E-state index in [0.717, 1.165) is 6.29 Å². The Balaban J connectivity index is 2.77. The van der Waals surface area contributed by atoms with Gasteiger partial charge in [-0.2, -0.15) is 0 Å². The third kappa shape index (κ3) is 2.66. The van der Waals surface area contributed by atoms with Gasteiger partial charge in [0.15, 0.2) is 17.9 Å². The van der Waals surface area contributed by atoms with Crippen LogP contribution in [0.25, 0.3) is 0 Å². The first-order valence-corrected chi connectivity index (χ1v) is 4.85. The number of hydrogen-bond donors (Lipinski definition) is 3. The molecule has 0 aromatic carbocycles. The molecule has 1 saturated heterocycles. The molecule has 1 atom stereocenters. The third-order valence-electron chi connectivity index (χ3n) is 2.50. The van der Waals surface area contributed by atoms with Crippen molar-refractivity contribution < 1.29 is 9.53 Å². The number of nitrogens with two attached hydrogens (primary N) is 1. The summed E-state index contributed by atoms with van der Waals surface area (Å²) in [5.74, 6) is -0.225. The van der Waals surface area contributed by atoms with E-state index in [1.54, 1.807) is 0 Å². The van der Waals surface area contributed by atoms with Crippen molar-refractivity contribution in [3.8, 4) is 0 Å². The highest BCUT2D eigenvalue weighted by Gasteiger charge is 2.36. The maximum absolute atomic E-state index is 11.2. The summed E-state index contributed by atoms with van der Waals surface area (Å²) < 4.78 is 5.20. The molecule has 0 aromatic heterocycles. The van der Waals surface area contributed by atoms with Crippen LogP contribution < -0.4 is 11.1 Å². The molecule has 1 fully saturated rings. The van der Waals surface area contributed by atoms with Gasteiger partial charge in [0.2, 0.25) is 0 Å². The first-order valence-electron chi connectivity index (χ1n) is 4.85. The van der Waals surface area contributed by atoms with Crippen LogP contribution in [0.2, 0.25) is 0 Å². The van der Waals surface area contributed by atoms with Gasteiger partial charge in [0, 0.05) is 13.1 Å². The largest absolute Gasteiger partial charge is 0.379 e. The van der Waals surface area contributed by atoms with Crippen LogP contribution in [0.1, 0.15) is 6.42 Å². The molecule has 6 heteroatoms. The van der Waals surface area contributed by atoms with E-state index in [-0.39, 0.29) is 5.96 Å². The first-order chi connectivity index (χ1) is 7.14. The van der Waals surface area contributed by atoms with Gasteiger partial charge in [0.25, 0.3) is 0 Å². The van der Waals surface area contributed by atoms with E-state index in [0.29, 0.717) is 32.7 Å². The van der Waals surface area contributed by atoms with Gasteiger partial charge in [-0.05, 0) is 13.3 Å². The second kappa shape index (κ2) is 5.09. The number of carbonyl (C=O) groups is 1. The lowest BCUT2D eigenvalue weighted by atomic mass is 10.1. The van der Waals surface area contributed by atoms with Crippen molar-refractivity contribution >= 4 is 12.2 Å². The van der Waals surface area contributed by atoms with Crippen molar-refractivity contribution in [2.75, 3.05) is 26.3 Å². The molecule has 6 nitrogen and oxygen atoms in total. The molecule has 0 bridgehead atoms. The molecule has 1 unspecified atom stereocenters. The van der Waals surface area contributed by atoms with E-state index in [9.17, 15) is 4.79 Å². The van der Waals surface area contributed by atoms with Crippen LogP contribution in [0.5, 0.6) is 0 Å². The molecule has 15 heavy (non-hydrogen) atoms. The predicted molar refractivity (Wildman–Crippen MR) is 56.2 cm³/mol. The molecule has 1 heterocycles. The Morgan fingerprint density at radius 3 is 2.67 bits per heavy atom. The van der Waals surface area contributed by atoms with E-state index in [1.807, 2.05) is 4.90 Å². The van der Waals surface area contributed by atoms with Crippen LogP contribution in [0.3, 0.4) is 0 Å². The number of guanidine groups is 1. The van der Waals surface area contributed by atoms with Gasteiger partial charge in [-0.1, -0.05) is 0 Å². The molecule has 0 aromatic rings. The lowest BCUT2D eigenvalue weighted by molar-refractivity contribution is -0.123. The normalized spacial score (nSPS) is 21.7. The monoisotopic (exact) mass is 213 g/mol. The molecular weight excluding hydrogens is 196 g/mol. The van der Waals surface area contributed by atoms with Gasteiger partial charge in [0.05, 0.1) is 13.2 Å². The Morgan fingerprint density at radius 2 is 2.27 bits per heavy atom. The Bertz CT molecular complexity index is 240. The van der Waals surface area contributed by atoms with Crippen LogP contribution >= 0.6 is 0 Å². The van der Waals surface area contributed by atoms with E-state index in [4.69, 9.17) is 15.9 Å². The van der Waals surface area contributed by atoms with Gasteiger partial charge in [0.1, 0.15) is 0 Å². The zero-order chi connectivity index (χ0) is 11.3. The summed E-state index contributed by atoms with van der Waals surface area (Å²) in [6.45, 7) is 6.15. The average molecular weight is 213 g/mol. The average Bonchev–Trinajstić information content (AvgIpc) is 2.27. The van der Waals surface area contributed by atoms with Crippen LogP contribution in [0, 0.1) is 12.3 Å². The van der Waals surface area contributed by atoms with Crippen LogP contribution in [0.15, 0.2) is 0 Å². The Morgan fingerprint density at radius 1 is 1.67 bits per heavy atom. The summed E-state index contributed by atoms with van der Waals surface area (Å²) in [5, 5.41) is 9.86. The lowest BCUT2D eigenvalue weighted by Gasteiger charge is -2.41. The third-order valence-corrected chi connectivity index (χ3v) is 2.50. The number of rotatable bonds is 4. The molecule has 0 saturated carbocycles. The van der Waals surface area contributed by atoms with Crippen LogP contribution in [-0.4, -0.2) is 49.1 Å². The standard InChI is InChI=1S/C9H17N4O2/c1-2-9(7-14,12-8(10)11)13-3-5-15-6-4-13/h7H,1-6H2,(H4,10,11,12). The highest BCUT2D eigenvalue weighted by molar-refractivity contribution is 5.80. The minimum absolute atomic E-state index is 0.225. The van der Waals surface area contributed by atoms with Gasteiger partial charge in [-0.15, -0.1) is 0 Å². The zero-order valence-electron chi connectivity index (χ0n) is 8.66. The van der Waals surface area contributed by atoms with E-state index in [1.165, 1.54) is 0 Å².